The van der Waals surface area contributed by atoms with Gasteiger partial charge in [0.05, 0.1) is 0 Å². The third-order valence-electron chi connectivity index (χ3n) is 2.93. The molecule has 1 amide bonds. The van der Waals surface area contributed by atoms with Gasteiger partial charge in [-0.25, -0.2) is 4.79 Å². The van der Waals surface area contributed by atoms with E-state index in [1.165, 1.54) is 4.90 Å². The number of hydrogen-bond acceptors (Lipinski definition) is 4. The molecule has 0 fully saturated rings. The second kappa shape index (κ2) is 19.1. The lowest BCUT2D eigenvalue weighted by Gasteiger charge is -2.20. The number of nitrogens with one attached hydrogen (secondary N) is 1. The SMILES string of the molecule is CC(N)CCNCCCCN(CCC(C)N)C(=O)O.Cl.Cl.Cl. The average Bonchev–Trinajstić information content (AvgIpc) is 2.30. The van der Waals surface area contributed by atoms with E-state index >= 15 is 0 Å². The molecule has 0 aromatic carbocycles. The quantitative estimate of drug-likeness (QED) is 0.409. The Labute approximate surface area is 153 Å². The lowest BCUT2D eigenvalue weighted by atomic mass is 10.2. The van der Waals surface area contributed by atoms with Gasteiger partial charge >= 0.3 is 6.09 Å². The van der Waals surface area contributed by atoms with E-state index in [-0.39, 0.29) is 49.3 Å². The van der Waals surface area contributed by atoms with E-state index < -0.39 is 6.09 Å². The molecular formula is C13H33Cl3N4O2. The van der Waals surface area contributed by atoms with Crippen LogP contribution < -0.4 is 16.8 Å². The summed E-state index contributed by atoms with van der Waals surface area (Å²) in [6.45, 7) is 6.81. The van der Waals surface area contributed by atoms with Crippen LogP contribution in [0.4, 0.5) is 4.79 Å². The van der Waals surface area contributed by atoms with Crippen LogP contribution in [0.25, 0.3) is 0 Å². The van der Waals surface area contributed by atoms with Crippen LogP contribution in [0.3, 0.4) is 0 Å². The Morgan fingerprint density at radius 2 is 1.55 bits per heavy atom. The van der Waals surface area contributed by atoms with Gasteiger partial charge in [0.25, 0.3) is 0 Å². The minimum absolute atomic E-state index is 0. The van der Waals surface area contributed by atoms with Crippen LogP contribution in [0.2, 0.25) is 0 Å². The van der Waals surface area contributed by atoms with Crippen molar-refractivity contribution in [3.8, 4) is 0 Å². The van der Waals surface area contributed by atoms with Crippen molar-refractivity contribution in [2.45, 2.75) is 51.6 Å². The fourth-order valence-electron chi connectivity index (χ4n) is 1.67. The lowest BCUT2D eigenvalue weighted by molar-refractivity contribution is 0.143. The largest absolute Gasteiger partial charge is 0.465 e. The molecule has 9 heteroatoms. The summed E-state index contributed by atoms with van der Waals surface area (Å²) >= 11 is 0. The Morgan fingerprint density at radius 1 is 1.00 bits per heavy atom. The first-order chi connectivity index (χ1) is 8.93. The molecule has 138 valence electrons. The third-order valence-corrected chi connectivity index (χ3v) is 2.93. The minimum Gasteiger partial charge on any atom is -0.465 e. The Balaban J connectivity index is -0.000000540. The Morgan fingerprint density at radius 3 is 2.00 bits per heavy atom. The van der Waals surface area contributed by atoms with Crippen molar-refractivity contribution in [2.75, 3.05) is 26.2 Å². The van der Waals surface area contributed by atoms with Gasteiger partial charge in [-0.3, -0.25) is 0 Å². The van der Waals surface area contributed by atoms with Gasteiger partial charge in [-0.1, -0.05) is 0 Å². The van der Waals surface area contributed by atoms with Crippen molar-refractivity contribution in [1.82, 2.24) is 10.2 Å². The number of hydrogen-bond donors (Lipinski definition) is 4. The van der Waals surface area contributed by atoms with Gasteiger partial charge in [0.15, 0.2) is 0 Å². The summed E-state index contributed by atoms with van der Waals surface area (Å²) < 4.78 is 0. The maximum atomic E-state index is 11.0. The van der Waals surface area contributed by atoms with Gasteiger partial charge in [-0.2, -0.15) is 0 Å². The zero-order chi connectivity index (χ0) is 14.7. The Bertz CT molecular complexity index is 247. The monoisotopic (exact) mass is 382 g/mol. The first kappa shape index (κ1) is 30.0. The molecule has 0 aliphatic carbocycles. The molecule has 0 aromatic heterocycles. The standard InChI is InChI=1S/C13H30N4O2.3ClH/c1-11(14)5-8-16-7-3-4-9-17(13(18)19)10-6-12(2)15;;;/h11-12,16H,3-10,14-15H2,1-2H3,(H,18,19);3*1H. The fourth-order valence-corrected chi connectivity index (χ4v) is 1.67. The van der Waals surface area contributed by atoms with Crippen LogP contribution in [0.5, 0.6) is 0 Å². The Kier molecular flexibility index (Phi) is 26.0. The van der Waals surface area contributed by atoms with E-state index in [9.17, 15) is 4.79 Å². The van der Waals surface area contributed by atoms with Crippen LogP contribution in [0.15, 0.2) is 0 Å². The zero-order valence-corrected chi connectivity index (χ0v) is 15.9. The highest BCUT2D eigenvalue weighted by Crippen LogP contribution is 1.99. The smallest absolute Gasteiger partial charge is 0.407 e. The highest BCUT2D eigenvalue weighted by molar-refractivity contribution is 5.86. The molecule has 2 unspecified atom stereocenters. The van der Waals surface area contributed by atoms with Crippen molar-refractivity contribution in [3.05, 3.63) is 0 Å². The summed E-state index contributed by atoms with van der Waals surface area (Å²) in [5.74, 6) is 0. The normalized spacial score (nSPS) is 12.2. The van der Waals surface area contributed by atoms with Crippen molar-refractivity contribution in [3.63, 3.8) is 0 Å². The van der Waals surface area contributed by atoms with Gasteiger partial charge in [0.1, 0.15) is 0 Å². The first-order valence-corrected chi connectivity index (χ1v) is 7.13. The molecule has 0 saturated heterocycles. The lowest BCUT2D eigenvalue weighted by Crippen LogP contribution is -2.34. The maximum absolute atomic E-state index is 11.0. The first-order valence-electron chi connectivity index (χ1n) is 7.13. The highest BCUT2D eigenvalue weighted by atomic mass is 35.5. The molecule has 0 aliphatic rings. The third kappa shape index (κ3) is 20.0. The number of halogens is 3. The molecule has 2 atom stereocenters. The van der Waals surface area contributed by atoms with E-state index in [0.717, 1.165) is 32.4 Å². The molecule has 0 spiro atoms. The number of carbonyl (C=O) groups is 1. The molecule has 0 radical (unpaired) electrons. The molecule has 0 heterocycles. The van der Waals surface area contributed by atoms with Gasteiger partial charge in [-0.05, 0) is 52.6 Å². The van der Waals surface area contributed by atoms with Gasteiger partial charge in [0, 0.05) is 25.2 Å². The molecule has 0 bridgehead atoms. The van der Waals surface area contributed by atoms with Crippen LogP contribution >= 0.6 is 37.2 Å². The van der Waals surface area contributed by atoms with Crippen LogP contribution in [-0.2, 0) is 0 Å². The van der Waals surface area contributed by atoms with Crippen LogP contribution in [0.1, 0.15) is 39.5 Å². The van der Waals surface area contributed by atoms with Crippen molar-refractivity contribution < 1.29 is 9.90 Å². The van der Waals surface area contributed by atoms with Gasteiger partial charge in [-0.15, -0.1) is 37.2 Å². The second-order valence-electron chi connectivity index (χ2n) is 5.26. The van der Waals surface area contributed by atoms with Gasteiger partial charge in [0.2, 0.25) is 0 Å². The number of nitrogens with two attached hydrogens (primary N) is 2. The Hall–Kier alpha value is 0.0200. The molecule has 0 aliphatic heterocycles. The van der Waals surface area contributed by atoms with Crippen LogP contribution in [-0.4, -0.2) is 54.4 Å². The molecule has 6 nitrogen and oxygen atoms in total. The number of amides is 1. The number of carboxylic acid groups (broad SMARTS) is 1. The van der Waals surface area contributed by atoms with Gasteiger partial charge < -0.3 is 26.8 Å². The summed E-state index contributed by atoms with van der Waals surface area (Å²) in [5.41, 5.74) is 11.3. The molecule has 0 saturated carbocycles. The van der Waals surface area contributed by atoms with Crippen molar-refractivity contribution in [1.29, 1.82) is 0 Å². The molecule has 0 rings (SSSR count). The number of nitrogens with zero attached hydrogens (tertiary/aromatic N) is 1. The summed E-state index contributed by atoms with van der Waals surface area (Å²) in [5, 5.41) is 12.3. The predicted octanol–water partition coefficient (Wildman–Crippen LogP) is 2.08. The molecule has 6 N–H and O–H groups in total. The van der Waals surface area contributed by atoms with Crippen LogP contribution in [0, 0.1) is 0 Å². The topological polar surface area (TPSA) is 105 Å². The zero-order valence-electron chi connectivity index (χ0n) is 13.5. The van der Waals surface area contributed by atoms with Crippen molar-refractivity contribution in [2.24, 2.45) is 11.5 Å². The summed E-state index contributed by atoms with van der Waals surface area (Å²) in [6.07, 6.45) is 2.66. The molecular weight excluding hydrogens is 351 g/mol. The van der Waals surface area contributed by atoms with E-state index in [0.29, 0.717) is 19.5 Å². The second-order valence-corrected chi connectivity index (χ2v) is 5.26. The van der Waals surface area contributed by atoms with E-state index in [2.05, 4.69) is 5.32 Å². The van der Waals surface area contributed by atoms with E-state index in [1.807, 2.05) is 13.8 Å². The summed E-state index contributed by atoms with van der Waals surface area (Å²) in [4.78, 5) is 12.5. The van der Waals surface area contributed by atoms with E-state index in [1.54, 1.807) is 0 Å². The minimum atomic E-state index is -0.856. The maximum Gasteiger partial charge on any atom is 0.407 e. The van der Waals surface area contributed by atoms with E-state index in [4.69, 9.17) is 16.6 Å². The molecule has 0 aromatic rings. The fraction of sp³-hybridized carbons (Fsp3) is 0.923. The number of unbranched alkanes of at least 4 members (excludes halogenated alkanes) is 1. The average molecular weight is 384 g/mol. The summed E-state index contributed by atoms with van der Waals surface area (Å²) in [7, 11) is 0. The predicted molar refractivity (Wildman–Crippen MR) is 100.0 cm³/mol. The number of rotatable bonds is 11. The summed E-state index contributed by atoms with van der Waals surface area (Å²) in [6, 6.07) is 0.273. The highest BCUT2D eigenvalue weighted by Gasteiger charge is 2.11. The van der Waals surface area contributed by atoms with Crippen molar-refractivity contribution >= 4 is 43.3 Å². The molecule has 22 heavy (non-hydrogen) atoms.